The van der Waals surface area contributed by atoms with Gasteiger partial charge in [0.05, 0.1) is 6.33 Å². The number of ether oxygens (including phenoxy) is 1. The number of carboxylic acids is 1. The van der Waals surface area contributed by atoms with Crippen molar-refractivity contribution in [3.8, 4) is 11.6 Å². The molecule has 6 nitrogen and oxygen atoms in total. The molecule has 2 N–H and O–H groups in total. The summed E-state index contributed by atoms with van der Waals surface area (Å²) in [6.45, 7) is 0. The highest BCUT2D eigenvalue weighted by molar-refractivity contribution is 14.1. The molecule has 0 aliphatic rings. The van der Waals surface area contributed by atoms with Gasteiger partial charge in [-0.3, -0.25) is 4.79 Å². The summed E-state index contributed by atoms with van der Waals surface area (Å²) in [5, 5.41) is 8.85. The molecule has 0 aliphatic carbocycles. The summed E-state index contributed by atoms with van der Waals surface area (Å²) >= 11 is 7.71. The molecule has 0 amide bonds. The van der Waals surface area contributed by atoms with Crippen LogP contribution in [0.5, 0.6) is 11.6 Å². The van der Waals surface area contributed by atoms with Crippen LogP contribution in [0.15, 0.2) is 29.3 Å². The topological polar surface area (TPSA) is 92.3 Å². The highest BCUT2D eigenvalue weighted by atomic mass is 127. The van der Waals surface area contributed by atoms with Crippen LogP contribution in [0.2, 0.25) is 5.02 Å². The number of benzene rings is 1. The number of H-pyrrole nitrogens is 1. The minimum Gasteiger partial charge on any atom is -0.478 e. The van der Waals surface area contributed by atoms with Crippen LogP contribution in [-0.2, 0) is 0 Å². The Hall–Kier alpha value is -1.61. The smallest absolute Gasteiger partial charge is 0.339 e. The van der Waals surface area contributed by atoms with Gasteiger partial charge >= 0.3 is 5.97 Å². The summed E-state index contributed by atoms with van der Waals surface area (Å²) in [7, 11) is 0. The van der Waals surface area contributed by atoms with Gasteiger partial charge in [-0.25, -0.2) is 9.78 Å². The summed E-state index contributed by atoms with van der Waals surface area (Å²) in [6.07, 6.45) is 1.12. The molecule has 2 aromatic rings. The molecular formula is C11H6ClIN2O4. The summed E-state index contributed by atoms with van der Waals surface area (Å²) < 4.78 is 6.03. The van der Waals surface area contributed by atoms with Crippen LogP contribution in [0.25, 0.3) is 0 Å². The van der Waals surface area contributed by atoms with Crippen molar-refractivity contribution in [2.75, 3.05) is 0 Å². The van der Waals surface area contributed by atoms with Crippen molar-refractivity contribution >= 4 is 40.2 Å². The molecular weight excluding hydrogens is 386 g/mol. The molecule has 1 aromatic heterocycles. The third-order valence-electron chi connectivity index (χ3n) is 2.14. The normalized spacial score (nSPS) is 10.2. The summed E-state index contributed by atoms with van der Waals surface area (Å²) in [4.78, 5) is 28.4. The fourth-order valence-corrected chi connectivity index (χ4v) is 1.93. The Morgan fingerprint density at radius 2 is 2.21 bits per heavy atom. The lowest BCUT2D eigenvalue weighted by Gasteiger charge is -2.08. The molecule has 1 heterocycles. The molecule has 0 saturated heterocycles. The fraction of sp³-hybridized carbons (Fsp3) is 0. The van der Waals surface area contributed by atoms with Gasteiger partial charge in [0.15, 0.2) is 5.02 Å². The zero-order chi connectivity index (χ0) is 14.0. The van der Waals surface area contributed by atoms with Gasteiger partial charge in [-0.05, 0) is 40.8 Å². The summed E-state index contributed by atoms with van der Waals surface area (Å²) in [5.41, 5.74) is -0.598. The number of halogens is 2. The Bertz CT molecular complexity index is 701. The third-order valence-corrected chi connectivity index (χ3v) is 3.15. The Morgan fingerprint density at radius 1 is 1.47 bits per heavy atom. The maximum absolute atomic E-state index is 11.3. The van der Waals surface area contributed by atoms with Gasteiger partial charge in [0, 0.05) is 3.57 Å². The molecule has 0 saturated carbocycles. The molecule has 98 valence electrons. The number of aromatic carboxylic acids is 1. The van der Waals surface area contributed by atoms with E-state index in [1.54, 1.807) is 6.07 Å². The second-order valence-corrected chi connectivity index (χ2v) is 5.02. The largest absolute Gasteiger partial charge is 0.478 e. The second-order valence-electron chi connectivity index (χ2n) is 3.40. The van der Waals surface area contributed by atoms with E-state index in [0.717, 1.165) is 9.90 Å². The van der Waals surface area contributed by atoms with E-state index in [4.69, 9.17) is 21.4 Å². The summed E-state index contributed by atoms with van der Waals surface area (Å²) in [5.74, 6) is -1.23. The average Bonchev–Trinajstić information content (AvgIpc) is 2.36. The first-order valence-electron chi connectivity index (χ1n) is 4.93. The highest BCUT2D eigenvalue weighted by Gasteiger charge is 2.15. The average molecular weight is 393 g/mol. The third kappa shape index (κ3) is 3.04. The predicted molar refractivity (Wildman–Crippen MR) is 76.1 cm³/mol. The Balaban J connectivity index is 2.46. The van der Waals surface area contributed by atoms with E-state index in [0.29, 0.717) is 0 Å². The van der Waals surface area contributed by atoms with Gasteiger partial charge in [-0.1, -0.05) is 11.6 Å². The van der Waals surface area contributed by atoms with Crippen molar-refractivity contribution in [2.45, 2.75) is 0 Å². The van der Waals surface area contributed by atoms with Crippen LogP contribution in [0.3, 0.4) is 0 Å². The van der Waals surface area contributed by atoms with Gasteiger partial charge in [0.25, 0.3) is 5.56 Å². The van der Waals surface area contributed by atoms with E-state index >= 15 is 0 Å². The molecule has 0 aliphatic heterocycles. The first kappa shape index (κ1) is 13.8. The molecule has 8 heteroatoms. The Kier molecular flexibility index (Phi) is 4.05. The molecule has 0 atom stereocenters. The van der Waals surface area contributed by atoms with E-state index in [1.807, 2.05) is 22.6 Å². The van der Waals surface area contributed by atoms with Crippen LogP contribution in [0, 0.1) is 3.57 Å². The van der Waals surface area contributed by atoms with E-state index in [1.165, 1.54) is 12.1 Å². The Morgan fingerprint density at radius 3 is 2.89 bits per heavy atom. The molecule has 0 radical (unpaired) electrons. The Labute approximate surface area is 125 Å². The molecule has 1 aromatic carbocycles. The number of aromatic amines is 1. The SMILES string of the molecule is O=C(O)c1cc(I)ccc1Oc1nc[nH]c(=O)c1Cl. The lowest BCUT2D eigenvalue weighted by molar-refractivity contribution is 0.0694. The van der Waals surface area contributed by atoms with Gasteiger partial charge in [-0.2, -0.15) is 0 Å². The van der Waals surface area contributed by atoms with E-state index < -0.39 is 11.5 Å². The minimum absolute atomic E-state index is 0.0370. The minimum atomic E-state index is -1.14. The second kappa shape index (κ2) is 5.57. The molecule has 2 rings (SSSR count). The van der Waals surface area contributed by atoms with Crippen LogP contribution in [-0.4, -0.2) is 21.0 Å². The van der Waals surface area contributed by atoms with Crippen LogP contribution >= 0.6 is 34.2 Å². The van der Waals surface area contributed by atoms with Crippen molar-refractivity contribution in [1.82, 2.24) is 9.97 Å². The van der Waals surface area contributed by atoms with Gasteiger partial charge in [0.1, 0.15) is 11.3 Å². The zero-order valence-corrected chi connectivity index (χ0v) is 12.1. The van der Waals surface area contributed by atoms with Crippen molar-refractivity contribution < 1.29 is 14.6 Å². The van der Waals surface area contributed by atoms with Gasteiger partial charge < -0.3 is 14.8 Å². The predicted octanol–water partition coefficient (Wildman–Crippen LogP) is 2.52. The van der Waals surface area contributed by atoms with Crippen LogP contribution < -0.4 is 10.3 Å². The number of nitrogens with zero attached hydrogens (tertiary/aromatic N) is 1. The molecule has 19 heavy (non-hydrogen) atoms. The maximum Gasteiger partial charge on any atom is 0.339 e. The number of carboxylic acid groups (broad SMARTS) is 1. The molecule has 0 spiro atoms. The number of rotatable bonds is 3. The van der Waals surface area contributed by atoms with E-state index in [2.05, 4.69) is 9.97 Å². The lowest BCUT2D eigenvalue weighted by Crippen LogP contribution is -2.09. The number of hydrogen-bond acceptors (Lipinski definition) is 4. The zero-order valence-electron chi connectivity index (χ0n) is 9.18. The molecule has 0 fully saturated rings. The fourth-order valence-electron chi connectivity index (χ4n) is 1.30. The van der Waals surface area contributed by atoms with Crippen molar-refractivity contribution in [1.29, 1.82) is 0 Å². The first-order valence-corrected chi connectivity index (χ1v) is 6.38. The van der Waals surface area contributed by atoms with Crippen molar-refractivity contribution in [3.63, 3.8) is 0 Å². The standard InChI is InChI=1S/C11H6ClIN2O4/c12-8-9(16)14-4-15-10(8)19-7-2-1-5(13)3-6(7)11(17)18/h1-4H,(H,17,18)(H,14,15,16). The maximum atomic E-state index is 11.3. The van der Waals surface area contributed by atoms with Gasteiger partial charge in [0.2, 0.25) is 5.88 Å². The van der Waals surface area contributed by atoms with Crippen LogP contribution in [0.4, 0.5) is 0 Å². The number of carbonyl (C=O) groups is 1. The molecule has 0 unspecified atom stereocenters. The van der Waals surface area contributed by atoms with Crippen LogP contribution in [0.1, 0.15) is 10.4 Å². The number of hydrogen-bond donors (Lipinski definition) is 2. The monoisotopic (exact) mass is 392 g/mol. The molecule has 0 bridgehead atoms. The first-order chi connectivity index (χ1) is 8.99. The van der Waals surface area contributed by atoms with Crippen molar-refractivity contribution in [3.05, 3.63) is 49.0 Å². The number of nitrogens with one attached hydrogen (secondary N) is 1. The van der Waals surface area contributed by atoms with Gasteiger partial charge in [-0.15, -0.1) is 0 Å². The lowest BCUT2D eigenvalue weighted by atomic mass is 10.2. The number of aromatic nitrogens is 2. The van der Waals surface area contributed by atoms with Crippen molar-refractivity contribution in [2.24, 2.45) is 0 Å². The highest BCUT2D eigenvalue weighted by Crippen LogP contribution is 2.28. The van der Waals surface area contributed by atoms with E-state index in [-0.39, 0.29) is 22.2 Å². The quantitative estimate of drug-likeness (QED) is 0.783. The van der Waals surface area contributed by atoms with E-state index in [9.17, 15) is 9.59 Å². The summed E-state index contributed by atoms with van der Waals surface area (Å²) in [6, 6.07) is 4.59.